The van der Waals surface area contributed by atoms with Crippen molar-refractivity contribution in [2.75, 3.05) is 65.7 Å². The van der Waals surface area contributed by atoms with Gasteiger partial charge in [0, 0.05) is 68.5 Å². The maximum atomic E-state index is 5.91. The predicted octanol–water partition coefficient (Wildman–Crippen LogP) is 2.48. The van der Waals surface area contributed by atoms with Gasteiger partial charge in [-0.1, -0.05) is 18.5 Å². The number of rotatable bonds is 8. The monoisotopic (exact) mass is 397 g/mol. The summed E-state index contributed by atoms with van der Waals surface area (Å²) in [6.45, 7) is 9.96. The first-order valence-corrected chi connectivity index (χ1v) is 10.7. The Bertz CT molecular complexity index is 543. The number of aliphatic imine (C=N–C) groups is 1. The van der Waals surface area contributed by atoms with Gasteiger partial charge in [0.1, 0.15) is 0 Å². The van der Waals surface area contributed by atoms with E-state index in [1.54, 1.807) is 0 Å². The van der Waals surface area contributed by atoms with Crippen LogP contribution in [0.4, 0.5) is 0 Å². The second-order valence-electron chi connectivity index (χ2n) is 6.89. The van der Waals surface area contributed by atoms with Crippen molar-refractivity contribution in [1.29, 1.82) is 0 Å². The summed E-state index contributed by atoms with van der Waals surface area (Å²) in [6, 6.07) is 7.97. The van der Waals surface area contributed by atoms with Gasteiger partial charge in [0.2, 0.25) is 0 Å². The molecular formula is C19H32ClN5S. The number of hydrogen-bond donors (Lipinski definition) is 2. The van der Waals surface area contributed by atoms with Gasteiger partial charge >= 0.3 is 0 Å². The predicted molar refractivity (Wildman–Crippen MR) is 115 cm³/mol. The summed E-state index contributed by atoms with van der Waals surface area (Å²) in [4.78, 5) is 10.5. The van der Waals surface area contributed by atoms with Crippen molar-refractivity contribution in [3.63, 3.8) is 0 Å². The standard InChI is InChI=1S/C19H32ClN5S/c1-16(15-25-11-9-24(3)10-12-25)14-23-19(21-2)22-8-13-26-18-6-4-17(20)5-7-18/h4-7,16H,8-15H2,1-3H3,(H2,21,22,23). The normalized spacial score (nSPS) is 17.9. The highest BCUT2D eigenvalue weighted by molar-refractivity contribution is 7.99. The Kier molecular flexibility index (Phi) is 9.61. The van der Waals surface area contributed by atoms with Crippen LogP contribution in [-0.2, 0) is 0 Å². The largest absolute Gasteiger partial charge is 0.356 e. The van der Waals surface area contributed by atoms with E-state index >= 15 is 0 Å². The molecule has 1 heterocycles. The molecule has 0 radical (unpaired) electrons. The molecule has 2 N–H and O–H groups in total. The number of likely N-dealkylation sites (N-methyl/N-ethyl adjacent to an activating group) is 1. The molecule has 0 aromatic heterocycles. The lowest BCUT2D eigenvalue weighted by atomic mass is 10.1. The highest BCUT2D eigenvalue weighted by atomic mass is 35.5. The zero-order chi connectivity index (χ0) is 18.8. The maximum Gasteiger partial charge on any atom is 0.191 e. The number of nitrogens with zero attached hydrogens (tertiary/aromatic N) is 3. The summed E-state index contributed by atoms with van der Waals surface area (Å²) in [5.41, 5.74) is 0. The summed E-state index contributed by atoms with van der Waals surface area (Å²) in [5.74, 6) is 2.46. The molecule has 0 bridgehead atoms. The first-order chi connectivity index (χ1) is 12.6. The van der Waals surface area contributed by atoms with Gasteiger partial charge in [0.05, 0.1) is 0 Å². The summed E-state index contributed by atoms with van der Waals surface area (Å²) in [6.07, 6.45) is 0. The third-order valence-corrected chi connectivity index (χ3v) is 5.75. The maximum absolute atomic E-state index is 5.91. The van der Waals surface area contributed by atoms with Crippen LogP contribution in [0.2, 0.25) is 5.02 Å². The Morgan fingerprint density at radius 2 is 1.88 bits per heavy atom. The van der Waals surface area contributed by atoms with E-state index in [9.17, 15) is 0 Å². The summed E-state index contributed by atoms with van der Waals surface area (Å²) < 4.78 is 0. The lowest BCUT2D eigenvalue weighted by Gasteiger charge is -2.34. The molecule has 1 aromatic carbocycles. The van der Waals surface area contributed by atoms with E-state index in [4.69, 9.17) is 11.6 Å². The van der Waals surface area contributed by atoms with Gasteiger partial charge in [0.25, 0.3) is 0 Å². The van der Waals surface area contributed by atoms with Gasteiger partial charge in [-0.25, -0.2) is 0 Å². The van der Waals surface area contributed by atoms with E-state index in [0.717, 1.165) is 36.4 Å². The molecule has 1 aliphatic heterocycles. The van der Waals surface area contributed by atoms with Crippen molar-refractivity contribution in [3.8, 4) is 0 Å². The number of thioether (sulfide) groups is 1. The van der Waals surface area contributed by atoms with E-state index in [1.807, 2.05) is 30.9 Å². The Balaban J connectivity index is 1.58. The van der Waals surface area contributed by atoms with E-state index in [1.165, 1.54) is 31.1 Å². The van der Waals surface area contributed by atoms with Gasteiger partial charge in [0.15, 0.2) is 5.96 Å². The molecule has 1 atom stereocenters. The lowest BCUT2D eigenvalue weighted by molar-refractivity contribution is 0.139. The van der Waals surface area contributed by atoms with Crippen molar-refractivity contribution in [1.82, 2.24) is 20.4 Å². The summed E-state index contributed by atoms with van der Waals surface area (Å²) >= 11 is 7.73. The quantitative estimate of drug-likeness (QED) is 0.305. The first kappa shape index (κ1) is 21.4. The van der Waals surface area contributed by atoms with Crippen LogP contribution >= 0.6 is 23.4 Å². The van der Waals surface area contributed by atoms with Crippen molar-refractivity contribution in [3.05, 3.63) is 29.3 Å². The minimum absolute atomic E-state index is 0.598. The van der Waals surface area contributed by atoms with Crippen LogP contribution in [0.1, 0.15) is 6.92 Å². The van der Waals surface area contributed by atoms with Crippen LogP contribution in [0.3, 0.4) is 0 Å². The minimum atomic E-state index is 0.598. The van der Waals surface area contributed by atoms with Crippen molar-refractivity contribution < 1.29 is 0 Å². The van der Waals surface area contributed by atoms with Crippen molar-refractivity contribution in [2.24, 2.45) is 10.9 Å². The highest BCUT2D eigenvalue weighted by Crippen LogP contribution is 2.19. The van der Waals surface area contributed by atoms with Gasteiger partial charge in [-0.15, -0.1) is 11.8 Å². The molecule has 7 heteroatoms. The molecule has 1 unspecified atom stereocenters. The molecule has 1 fully saturated rings. The van der Waals surface area contributed by atoms with E-state index in [2.05, 4.69) is 51.5 Å². The van der Waals surface area contributed by atoms with E-state index in [0.29, 0.717) is 5.92 Å². The molecule has 146 valence electrons. The second-order valence-corrected chi connectivity index (χ2v) is 8.50. The third-order valence-electron chi connectivity index (χ3n) is 4.48. The fraction of sp³-hybridized carbons (Fsp3) is 0.632. The Morgan fingerprint density at radius 1 is 1.19 bits per heavy atom. The number of guanidine groups is 1. The number of hydrogen-bond acceptors (Lipinski definition) is 4. The molecule has 0 aliphatic carbocycles. The van der Waals surface area contributed by atoms with Gasteiger partial charge in [-0.3, -0.25) is 4.99 Å². The molecule has 1 aromatic rings. The summed E-state index contributed by atoms with van der Waals surface area (Å²) in [5, 5.41) is 7.62. The highest BCUT2D eigenvalue weighted by Gasteiger charge is 2.16. The lowest BCUT2D eigenvalue weighted by Crippen LogP contribution is -2.47. The minimum Gasteiger partial charge on any atom is -0.356 e. The van der Waals surface area contributed by atoms with Crippen LogP contribution in [0, 0.1) is 5.92 Å². The van der Waals surface area contributed by atoms with Crippen molar-refractivity contribution in [2.45, 2.75) is 11.8 Å². The van der Waals surface area contributed by atoms with Crippen LogP contribution in [-0.4, -0.2) is 81.4 Å². The zero-order valence-electron chi connectivity index (χ0n) is 16.2. The van der Waals surface area contributed by atoms with E-state index < -0.39 is 0 Å². The molecule has 1 aliphatic rings. The number of nitrogens with one attached hydrogen (secondary N) is 2. The molecule has 2 rings (SSSR count). The third kappa shape index (κ3) is 8.16. The average molecular weight is 398 g/mol. The molecule has 0 amide bonds. The smallest absolute Gasteiger partial charge is 0.191 e. The fourth-order valence-electron chi connectivity index (χ4n) is 2.90. The molecule has 0 spiro atoms. The van der Waals surface area contributed by atoms with Crippen LogP contribution in [0.5, 0.6) is 0 Å². The second kappa shape index (κ2) is 11.7. The zero-order valence-corrected chi connectivity index (χ0v) is 17.7. The molecule has 1 saturated heterocycles. The van der Waals surface area contributed by atoms with Gasteiger partial charge in [-0.05, 0) is 37.2 Å². The molecule has 5 nitrogen and oxygen atoms in total. The number of halogens is 1. The molecular weight excluding hydrogens is 366 g/mol. The van der Waals surface area contributed by atoms with Gasteiger partial charge in [-0.2, -0.15) is 0 Å². The molecule has 0 saturated carbocycles. The topological polar surface area (TPSA) is 42.9 Å². The van der Waals surface area contributed by atoms with Gasteiger partial charge < -0.3 is 20.4 Å². The first-order valence-electron chi connectivity index (χ1n) is 9.30. The van der Waals surface area contributed by atoms with Crippen LogP contribution in [0.25, 0.3) is 0 Å². The van der Waals surface area contributed by atoms with Crippen molar-refractivity contribution >= 4 is 29.3 Å². The van der Waals surface area contributed by atoms with E-state index in [-0.39, 0.29) is 0 Å². The van der Waals surface area contributed by atoms with Crippen LogP contribution < -0.4 is 10.6 Å². The Morgan fingerprint density at radius 3 is 2.54 bits per heavy atom. The number of benzene rings is 1. The number of piperazine rings is 1. The molecule has 26 heavy (non-hydrogen) atoms. The Labute approximate surface area is 167 Å². The summed E-state index contributed by atoms with van der Waals surface area (Å²) in [7, 11) is 4.02. The Hall–Kier alpha value is -0.950. The van der Waals surface area contributed by atoms with Crippen LogP contribution in [0.15, 0.2) is 34.2 Å². The SMILES string of the molecule is CN=C(NCCSc1ccc(Cl)cc1)NCC(C)CN1CCN(C)CC1. The average Bonchev–Trinajstić information content (AvgIpc) is 2.64. The fourth-order valence-corrected chi connectivity index (χ4v) is 3.79.